The standard InChI is InChI=1S/C22H21N7O5S3/c1-3-6-24-28-7-4-13(5-8-28)35-9-12-10-36-20-16(19(31)29(20)17(12)21(32)33)26-18(30)15(27-34-2)14-11-37-22(23)25-14/h1,4-5,7-8,11,16,20,24H,6,9-10H2,2H3,(H3-,23,25,26,30,32,33)/b27-15-/t16-,20-/m1/s1. The maximum absolute atomic E-state index is 12.9. The van der Waals surface area contributed by atoms with E-state index in [1.807, 2.05) is 12.1 Å². The third-order valence-corrected chi connectivity index (χ3v) is 8.38. The highest BCUT2D eigenvalue weighted by Gasteiger charge is 2.53. The van der Waals surface area contributed by atoms with Crippen molar-refractivity contribution < 1.29 is 29.0 Å². The lowest BCUT2D eigenvalue weighted by Gasteiger charge is -2.50. The first kappa shape index (κ1) is 26.3. The molecule has 0 unspecified atom stereocenters. The van der Waals surface area contributed by atoms with Crippen LogP contribution in [0.2, 0.25) is 0 Å². The molecule has 0 spiro atoms. The number of β-lactam (4-membered cyclic amide) rings is 1. The second-order valence-corrected chi connectivity index (χ2v) is 10.6. The number of carbonyl (C=O) groups is 3. The number of carboxylic acid groups (broad SMARTS) is 1. The third-order valence-electron chi connectivity index (χ3n) is 5.26. The van der Waals surface area contributed by atoms with E-state index < -0.39 is 29.2 Å². The Kier molecular flexibility index (Phi) is 8.21. The Labute approximate surface area is 224 Å². The van der Waals surface area contributed by atoms with E-state index in [4.69, 9.17) is 17.0 Å². The first-order valence-electron chi connectivity index (χ1n) is 10.7. The van der Waals surface area contributed by atoms with Crippen LogP contribution < -0.4 is 26.3 Å². The van der Waals surface area contributed by atoms with Crippen LogP contribution in [-0.4, -0.2) is 70.0 Å². The van der Waals surface area contributed by atoms with Crippen LogP contribution in [0.3, 0.4) is 0 Å². The number of nitrogens with one attached hydrogen (secondary N) is 2. The molecule has 15 heteroatoms. The number of amides is 2. The Morgan fingerprint density at radius 2 is 2.22 bits per heavy atom. The van der Waals surface area contributed by atoms with Gasteiger partial charge < -0.3 is 25.8 Å². The largest absolute Gasteiger partial charge is 0.543 e. The highest BCUT2D eigenvalue weighted by Crippen LogP contribution is 2.41. The molecular formula is C22H21N7O5S3. The molecule has 1 saturated heterocycles. The second-order valence-electron chi connectivity index (χ2n) is 7.56. The van der Waals surface area contributed by atoms with Gasteiger partial charge in [0, 0.05) is 33.9 Å². The molecule has 1 fully saturated rings. The first-order chi connectivity index (χ1) is 17.8. The minimum Gasteiger partial charge on any atom is -0.543 e. The summed E-state index contributed by atoms with van der Waals surface area (Å²) in [5.41, 5.74) is 9.09. The lowest BCUT2D eigenvalue weighted by molar-refractivity contribution is -0.649. The molecule has 0 saturated carbocycles. The zero-order chi connectivity index (χ0) is 26.5. The van der Waals surface area contributed by atoms with E-state index in [0.29, 0.717) is 23.6 Å². The maximum Gasteiger partial charge on any atom is 0.276 e. The van der Waals surface area contributed by atoms with Crippen molar-refractivity contribution in [3.05, 3.63) is 46.9 Å². The smallest absolute Gasteiger partial charge is 0.276 e. The van der Waals surface area contributed by atoms with Gasteiger partial charge in [0.15, 0.2) is 10.8 Å². The van der Waals surface area contributed by atoms with Gasteiger partial charge in [-0.2, -0.15) is 5.43 Å². The lowest BCUT2D eigenvalue weighted by atomic mass is 10.0. The molecule has 0 aliphatic carbocycles. The number of carboxylic acids is 1. The fraction of sp³-hybridized carbons (Fsp3) is 0.273. The Bertz CT molecular complexity index is 1320. The number of carbonyl (C=O) groups excluding carboxylic acids is 3. The molecule has 37 heavy (non-hydrogen) atoms. The van der Waals surface area contributed by atoms with Crippen molar-refractivity contribution in [2.24, 2.45) is 5.16 Å². The molecule has 192 valence electrons. The first-order valence-corrected chi connectivity index (χ1v) is 13.6. The van der Waals surface area contributed by atoms with Crippen LogP contribution in [0.5, 0.6) is 0 Å². The Hall–Kier alpha value is -3.74. The number of hydrogen-bond donors (Lipinski definition) is 3. The minimum atomic E-state index is -1.44. The summed E-state index contributed by atoms with van der Waals surface area (Å²) in [4.78, 5) is 48.7. The number of nitrogens with two attached hydrogens (primary N) is 1. The number of thioether (sulfide) groups is 2. The number of aromatic nitrogens is 2. The summed E-state index contributed by atoms with van der Waals surface area (Å²) in [5.74, 6) is 0.503. The van der Waals surface area contributed by atoms with Gasteiger partial charge >= 0.3 is 0 Å². The van der Waals surface area contributed by atoms with Crippen LogP contribution >= 0.6 is 34.9 Å². The monoisotopic (exact) mass is 559 g/mol. The average molecular weight is 560 g/mol. The molecule has 0 aromatic carbocycles. The number of fused-ring (bicyclic) bond motifs is 1. The summed E-state index contributed by atoms with van der Waals surface area (Å²) in [7, 11) is 1.27. The van der Waals surface area contributed by atoms with Gasteiger partial charge in [-0.3, -0.25) is 14.5 Å². The molecule has 2 aromatic rings. The van der Waals surface area contributed by atoms with Crippen LogP contribution in [0, 0.1) is 12.3 Å². The van der Waals surface area contributed by atoms with Gasteiger partial charge in [0.2, 0.25) is 12.4 Å². The number of oxime groups is 1. The van der Waals surface area contributed by atoms with E-state index in [1.54, 1.807) is 17.1 Å². The predicted octanol–water partition coefficient (Wildman–Crippen LogP) is -1.26. The molecule has 2 aromatic heterocycles. The van der Waals surface area contributed by atoms with Gasteiger partial charge in [-0.25, -0.2) is 4.98 Å². The molecule has 0 radical (unpaired) electrons. The molecule has 4 rings (SSSR count). The SMILES string of the molecule is C#CCN[n+]1ccc(SCC2=C(C(=O)[O-])N3C(=O)[C@@H](NC(=O)/C(=N\OC)c4csc(N)n4)[C@H]3SC2)cc1. The quantitative estimate of drug-likeness (QED) is 0.0798. The molecule has 2 aliphatic heterocycles. The summed E-state index contributed by atoms with van der Waals surface area (Å²) >= 11 is 3.91. The van der Waals surface area contributed by atoms with Crippen molar-refractivity contribution in [2.45, 2.75) is 16.3 Å². The topological polar surface area (TPSA) is 166 Å². The number of nitrogen functional groups attached to an aromatic ring is 1. The molecule has 4 N–H and O–H groups in total. The van der Waals surface area contributed by atoms with Gasteiger partial charge in [0.05, 0.1) is 11.7 Å². The van der Waals surface area contributed by atoms with Crippen LogP contribution in [0.25, 0.3) is 0 Å². The van der Waals surface area contributed by atoms with E-state index in [-0.39, 0.29) is 22.2 Å². The van der Waals surface area contributed by atoms with Gasteiger partial charge in [0.1, 0.15) is 30.8 Å². The number of anilines is 1. The van der Waals surface area contributed by atoms with E-state index in [1.165, 1.54) is 40.9 Å². The highest BCUT2D eigenvalue weighted by atomic mass is 32.2. The van der Waals surface area contributed by atoms with Crippen LogP contribution in [0.1, 0.15) is 5.69 Å². The van der Waals surface area contributed by atoms with Crippen molar-refractivity contribution in [3.8, 4) is 12.3 Å². The normalized spacial score (nSPS) is 19.0. The van der Waals surface area contributed by atoms with Gasteiger partial charge in [-0.15, -0.1) is 41.3 Å². The fourth-order valence-electron chi connectivity index (χ4n) is 3.61. The molecule has 4 heterocycles. The summed E-state index contributed by atoms with van der Waals surface area (Å²) in [6.45, 7) is 0.378. The van der Waals surface area contributed by atoms with Crippen LogP contribution in [0.4, 0.5) is 5.13 Å². The fourth-order valence-corrected chi connectivity index (χ4v) is 6.52. The Morgan fingerprint density at radius 3 is 2.84 bits per heavy atom. The van der Waals surface area contributed by atoms with E-state index in [0.717, 1.165) is 16.2 Å². The van der Waals surface area contributed by atoms with Crippen molar-refractivity contribution in [3.63, 3.8) is 0 Å². The molecule has 2 aliphatic rings. The maximum atomic E-state index is 12.9. The van der Waals surface area contributed by atoms with Crippen LogP contribution in [0.15, 0.2) is 51.2 Å². The predicted molar refractivity (Wildman–Crippen MR) is 138 cm³/mol. The highest BCUT2D eigenvalue weighted by molar-refractivity contribution is 8.01. The Balaban J connectivity index is 1.44. The Morgan fingerprint density at radius 1 is 1.46 bits per heavy atom. The van der Waals surface area contributed by atoms with Gasteiger partial charge in [-0.1, -0.05) is 15.8 Å². The molecular weight excluding hydrogens is 538 g/mol. The summed E-state index contributed by atoms with van der Waals surface area (Å²) in [6, 6.07) is 2.78. The summed E-state index contributed by atoms with van der Waals surface area (Å²) in [6.07, 6.45) is 8.83. The van der Waals surface area contributed by atoms with Gasteiger partial charge in [-0.05, 0) is 5.57 Å². The number of aliphatic carboxylic acids is 1. The van der Waals surface area contributed by atoms with Crippen LogP contribution in [-0.2, 0) is 19.2 Å². The second kappa shape index (κ2) is 11.5. The van der Waals surface area contributed by atoms with Gasteiger partial charge in [0.25, 0.3) is 11.8 Å². The zero-order valence-electron chi connectivity index (χ0n) is 19.4. The lowest BCUT2D eigenvalue weighted by Crippen LogP contribution is -2.71. The van der Waals surface area contributed by atoms with E-state index in [9.17, 15) is 19.5 Å². The number of nitrogens with zero attached hydrogens (tertiary/aromatic N) is 4. The van der Waals surface area contributed by atoms with Crippen molar-refractivity contribution in [1.82, 2.24) is 15.2 Å². The molecule has 12 nitrogen and oxygen atoms in total. The number of pyridine rings is 1. The molecule has 2 amide bonds. The van der Waals surface area contributed by atoms with Crippen molar-refractivity contribution >= 4 is 63.5 Å². The zero-order valence-corrected chi connectivity index (χ0v) is 21.8. The summed E-state index contributed by atoms with van der Waals surface area (Å²) in [5, 5.41) is 19.5. The van der Waals surface area contributed by atoms with E-state index >= 15 is 0 Å². The van der Waals surface area contributed by atoms with Crippen molar-refractivity contribution in [1.29, 1.82) is 0 Å². The molecule has 0 bridgehead atoms. The number of thiazole rings is 1. The average Bonchev–Trinajstić information content (AvgIpc) is 3.33. The molecule has 2 atom stereocenters. The number of terminal acetylenes is 1. The summed E-state index contributed by atoms with van der Waals surface area (Å²) < 4.78 is 1.72. The third kappa shape index (κ3) is 5.66. The number of hydrogen-bond acceptors (Lipinski definition) is 12. The number of rotatable bonds is 10. The van der Waals surface area contributed by atoms with E-state index in [2.05, 4.69) is 26.8 Å². The van der Waals surface area contributed by atoms with Crippen molar-refractivity contribution in [2.75, 3.05) is 36.3 Å². The minimum absolute atomic E-state index is 0.145.